The number of ether oxygens (including phenoxy) is 2. The first-order chi connectivity index (χ1) is 14.9. The van der Waals surface area contributed by atoms with E-state index in [4.69, 9.17) is 9.47 Å². The Balaban J connectivity index is 1.63. The summed E-state index contributed by atoms with van der Waals surface area (Å²) in [7, 11) is 0. The van der Waals surface area contributed by atoms with Gasteiger partial charge in [0.25, 0.3) is 5.56 Å². The van der Waals surface area contributed by atoms with Gasteiger partial charge in [0.05, 0.1) is 16.9 Å². The third-order valence-corrected chi connectivity index (χ3v) is 5.64. The molecule has 31 heavy (non-hydrogen) atoms. The van der Waals surface area contributed by atoms with Crippen LogP contribution < -0.4 is 20.3 Å². The largest absolute Gasteiger partial charge is 0.486 e. The fourth-order valence-corrected chi connectivity index (χ4v) is 3.99. The van der Waals surface area contributed by atoms with Crippen molar-refractivity contribution in [2.24, 2.45) is 5.92 Å². The zero-order valence-electron chi connectivity index (χ0n) is 18.2. The third kappa shape index (κ3) is 4.00. The molecule has 0 aliphatic carbocycles. The number of rotatable bonds is 5. The molecule has 2 heterocycles. The van der Waals surface area contributed by atoms with Crippen LogP contribution in [0.2, 0.25) is 0 Å². The maximum Gasteiger partial charge on any atom is 0.262 e. The van der Waals surface area contributed by atoms with Gasteiger partial charge in [-0.1, -0.05) is 32.0 Å². The summed E-state index contributed by atoms with van der Waals surface area (Å²) in [5, 5.41) is 3.62. The number of nitrogens with zero attached hydrogens (tertiary/aromatic N) is 2. The molecule has 2 aromatic carbocycles. The van der Waals surface area contributed by atoms with E-state index in [1.54, 1.807) is 32.0 Å². The van der Waals surface area contributed by atoms with Gasteiger partial charge in [0.15, 0.2) is 11.5 Å². The van der Waals surface area contributed by atoms with Gasteiger partial charge in [-0.2, -0.15) is 0 Å². The fourth-order valence-electron chi connectivity index (χ4n) is 3.99. The van der Waals surface area contributed by atoms with Crippen LogP contribution in [0.1, 0.15) is 44.2 Å². The van der Waals surface area contributed by atoms with Gasteiger partial charge < -0.3 is 14.8 Å². The third-order valence-electron chi connectivity index (χ3n) is 5.64. The number of nitrogens with one attached hydrogen (secondary N) is 1. The van der Waals surface area contributed by atoms with Crippen LogP contribution in [-0.2, 0) is 4.79 Å². The summed E-state index contributed by atoms with van der Waals surface area (Å²) in [6.45, 7) is 8.59. The maximum absolute atomic E-state index is 13.2. The van der Waals surface area contributed by atoms with Gasteiger partial charge in [-0.05, 0) is 49.6 Å². The molecule has 0 bridgehead atoms. The predicted octanol–water partition coefficient (Wildman–Crippen LogP) is 3.55. The van der Waals surface area contributed by atoms with Crippen molar-refractivity contribution in [3.8, 4) is 11.5 Å². The van der Waals surface area contributed by atoms with Crippen LogP contribution in [0.4, 0.5) is 0 Å². The second kappa shape index (κ2) is 8.41. The lowest BCUT2D eigenvalue weighted by Crippen LogP contribution is -2.40. The minimum Gasteiger partial charge on any atom is -0.486 e. The molecule has 3 aromatic rings. The highest BCUT2D eigenvalue weighted by Crippen LogP contribution is 2.34. The SMILES string of the molecule is Cc1nc2ccccc2c(=O)n1[C@H](C)C(=O)N[C@@H](c1ccc2c(c1)OCCO2)C(C)C. The number of aromatic nitrogens is 2. The quantitative estimate of drug-likeness (QED) is 0.681. The van der Waals surface area contributed by atoms with Crippen molar-refractivity contribution in [3.05, 3.63) is 64.2 Å². The fraction of sp³-hybridized carbons (Fsp3) is 0.375. The Bertz CT molecular complexity index is 1190. The molecule has 0 fully saturated rings. The van der Waals surface area contributed by atoms with E-state index in [0.29, 0.717) is 41.4 Å². The highest BCUT2D eigenvalue weighted by molar-refractivity contribution is 5.82. The Kier molecular flexibility index (Phi) is 5.67. The number of amides is 1. The molecule has 7 heteroatoms. The van der Waals surface area contributed by atoms with Crippen LogP contribution in [0.5, 0.6) is 11.5 Å². The Hall–Kier alpha value is -3.35. The number of carbonyl (C=O) groups is 1. The summed E-state index contributed by atoms with van der Waals surface area (Å²) < 4.78 is 12.8. The molecular weight excluding hydrogens is 394 g/mol. The van der Waals surface area contributed by atoms with Crippen molar-refractivity contribution in [2.75, 3.05) is 13.2 Å². The minimum atomic E-state index is -0.705. The molecule has 162 valence electrons. The first kappa shape index (κ1) is 20.9. The molecule has 1 aromatic heterocycles. The van der Waals surface area contributed by atoms with E-state index >= 15 is 0 Å². The van der Waals surface area contributed by atoms with Crippen LogP contribution in [0.25, 0.3) is 10.9 Å². The number of hydrogen-bond donors (Lipinski definition) is 1. The van der Waals surface area contributed by atoms with Crippen molar-refractivity contribution in [1.82, 2.24) is 14.9 Å². The summed E-state index contributed by atoms with van der Waals surface area (Å²) in [5.74, 6) is 1.79. The van der Waals surface area contributed by atoms with E-state index in [9.17, 15) is 9.59 Å². The van der Waals surface area contributed by atoms with E-state index in [-0.39, 0.29) is 23.4 Å². The highest BCUT2D eigenvalue weighted by Gasteiger charge is 2.26. The topological polar surface area (TPSA) is 82.5 Å². The average molecular weight is 421 g/mol. The molecule has 0 radical (unpaired) electrons. The maximum atomic E-state index is 13.2. The van der Waals surface area contributed by atoms with Gasteiger partial charge in [-0.15, -0.1) is 0 Å². The van der Waals surface area contributed by atoms with Crippen LogP contribution >= 0.6 is 0 Å². The van der Waals surface area contributed by atoms with Crippen molar-refractivity contribution in [3.63, 3.8) is 0 Å². The molecule has 0 spiro atoms. The molecule has 0 unspecified atom stereocenters. The van der Waals surface area contributed by atoms with E-state index in [1.165, 1.54) is 4.57 Å². The highest BCUT2D eigenvalue weighted by atomic mass is 16.6. The number of hydrogen-bond acceptors (Lipinski definition) is 5. The van der Waals surface area contributed by atoms with Crippen molar-refractivity contribution >= 4 is 16.8 Å². The normalized spacial score (nSPS) is 15.0. The monoisotopic (exact) mass is 421 g/mol. The number of fused-ring (bicyclic) bond motifs is 2. The number of para-hydroxylation sites is 1. The smallest absolute Gasteiger partial charge is 0.262 e. The molecule has 4 rings (SSSR count). The Morgan fingerprint density at radius 2 is 1.77 bits per heavy atom. The van der Waals surface area contributed by atoms with Crippen molar-refractivity contribution in [1.29, 1.82) is 0 Å². The average Bonchev–Trinajstić information content (AvgIpc) is 2.76. The summed E-state index contributed by atoms with van der Waals surface area (Å²) in [6, 6.07) is 12.0. The first-order valence-electron chi connectivity index (χ1n) is 10.5. The number of carbonyl (C=O) groups excluding carboxylic acids is 1. The van der Waals surface area contributed by atoms with E-state index in [1.807, 2.05) is 38.1 Å². The van der Waals surface area contributed by atoms with Crippen LogP contribution in [0.15, 0.2) is 47.3 Å². The molecule has 1 amide bonds. The van der Waals surface area contributed by atoms with Crippen molar-refractivity contribution in [2.45, 2.75) is 39.8 Å². The van der Waals surface area contributed by atoms with Gasteiger partial charge in [-0.3, -0.25) is 14.2 Å². The van der Waals surface area contributed by atoms with Crippen LogP contribution in [0.3, 0.4) is 0 Å². The number of aryl methyl sites for hydroxylation is 1. The lowest BCUT2D eigenvalue weighted by Gasteiger charge is -2.27. The van der Waals surface area contributed by atoms with Crippen molar-refractivity contribution < 1.29 is 14.3 Å². The van der Waals surface area contributed by atoms with Crippen LogP contribution in [0, 0.1) is 12.8 Å². The van der Waals surface area contributed by atoms with Gasteiger partial charge in [0.2, 0.25) is 5.91 Å². The summed E-state index contributed by atoms with van der Waals surface area (Å²) in [4.78, 5) is 30.8. The molecule has 1 N–H and O–H groups in total. The molecular formula is C24H27N3O4. The van der Waals surface area contributed by atoms with E-state index < -0.39 is 6.04 Å². The summed E-state index contributed by atoms with van der Waals surface area (Å²) in [5.41, 5.74) is 1.34. The lowest BCUT2D eigenvalue weighted by atomic mass is 9.95. The number of benzene rings is 2. The zero-order chi connectivity index (χ0) is 22.1. The predicted molar refractivity (Wildman–Crippen MR) is 119 cm³/mol. The van der Waals surface area contributed by atoms with E-state index in [2.05, 4.69) is 10.3 Å². The molecule has 2 atom stereocenters. The summed E-state index contributed by atoms with van der Waals surface area (Å²) >= 11 is 0. The zero-order valence-corrected chi connectivity index (χ0v) is 18.2. The first-order valence-corrected chi connectivity index (χ1v) is 10.5. The second-order valence-corrected chi connectivity index (χ2v) is 8.16. The Labute approximate surface area is 181 Å². The standard InChI is InChI=1S/C24H27N3O4/c1-14(2)22(17-9-10-20-21(13-17)31-12-11-30-20)26-23(28)15(3)27-16(4)25-19-8-6-5-7-18(19)24(27)29/h5-10,13-15,22H,11-12H2,1-4H3,(H,26,28)/t15-,22-/m1/s1. The Morgan fingerprint density at radius 3 is 2.52 bits per heavy atom. The lowest BCUT2D eigenvalue weighted by molar-refractivity contribution is -0.125. The molecule has 0 saturated heterocycles. The van der Waals surface area contributed by atoms with Gasteiger partial charge in [0.1, 0.15) is 25.1 Å². The molecule has 0 saturated carbocycles. The van der Waals surface area contributed by atoms with Gasteiger partial charge in [0, 0.05) is 0 Å². The minimum absolute atomic E-state index is 0.131. The van der Waals surface area contributed by atoms with Crippen LogP contribution in [-0.4, -0.2) is 28.7 Å². The molecule has 1 aliphatic heterocycles. The van der Waals surface area contributed by atoms with Gasteiger partial charge >= 0.3 is 0 Å². The second-order valence-electron chi connectivity index (χ2n) is 8.16. The summed E-state index contributed by atoms with van der Waals surface area (Å²) in [6.07, 6.45) is 0. The molecule has 7 nitrogen and oxygen atoms in total. The van der Waals surface area contributed by atoms with E-state index in [0.717, 1.165) is 5.56 Å². The molecule has 1 aliphatic rings. The Morgan fingerprint density at radius 1 is 1.06 bits per heavy atom. The van der Waals surface area contributed by atoms with Gasteiger partial charge in [-0.25, -0.2) is 4.98 Å².